The van der Waals surface area contributed by atoms with Crippen LogP contribution < -0.4 is 11.6 Å². The lowest BCUT2D eigenvalue weighted by Crippen LogP contribution is -2.34. The highest BCUT2D eigenvalue weighted by atomic mass is 16.1. The van der Waals surface area contributed by atoms with Gasteiger partial charge in [-0.05, 0) is 86.7 Å². The first-order valence-corrected chi connectivity index (χ1v) is 16.1. The van der Waals surface area contributed by atoms with Crippen LogP contribution in [0.3, 0.4) is 0 Å². The minimum absolute atomic E-state index is 0.0393. The SMILES string of the molecule is CCC1CCN(Cc2nccn2Cc2cc(C(CC/C(N)=C/N(N)CC)C(C)C(=O)Cc3ccccc3)ccc2C)CC1. The van der Waals surface area contributed by atoms with E-state index in [2.05, 4.69) is 54.6 Å². The number of rotatable bonds is 15. The van der Waals surface area contributed by atoms with Crippen LogP contribution in [0, 0.1) is 18.8 Å². The molecule has 232 valence electrons. The van der Waals surface area contributed by atoms with Gasteiger partial charge in [0.25, 0.3) is 0 Å². The Bertz CT molecular complexity index is 1320. The average molecular weight is 585 g/mol. The molecule has 1 fully saturated rings. The van der Waals surface area contributed by atoms with Crippen molar-refractivity contribution >= 4 is 5.78 Å². The van der Waals surface area contributed by atoms with Crippen LogP contribution in [0.4, 0.5) is 0 Å². The van der Waals surface area contributed by atoms with Gasteiger partial charge < -0.3 is 15.3 Å². The highest BCUT2D eigenvalue weighted by Crippen LogP contribution is 2.33. The smallest absolute Gasteiger partial charge is 0.140 e. The predicted molar refractivity (Wildman–Crippen MR) is 176 cm³/mol. The molecule has 1 saturated heterocycles. The second-order valence-corrected chi connectivity index (χ2v) is 12.4. The van der Waals surface area contributed by atoms with Crippen molar-refractivity contribution in [3.63, 3.8) is 0 Å². The highest BCUT2D eigenvalue weighted by Gasteiger charge is 2.26. The van der Waals surface area contributed by atoms with Gasteiger partial charge in [0, 0.05) is 49.7 Å². The summed E-state index contributed by atoms with van der Waals surface area (Å²) in [6, 6.07) is 16.7. The van der Waals surface area contributed by atoms with Crippen molar-refractivity contribution in [2.45, 2.75) is 85.2 Å². The van der Waals surface area contributed by atoms with E-state index in [0.717, 1.165) is 55.6 Å². The lowest BCUT2D eigenvalue weighted by Gasteiger charge is -2.31. The number of nitrogens with two attached hydrogens (primary N) is 2. The molecule has 0 aliphatic carbocycles. The first kappa shape index (κ1) is 32.5. The summed E-state index contributed by atoms with van der Waals surface area (Å²) in [5, 5.41) is 1.60. The summed E-state index contributed by atoms with van der Waals surface area (Å²) < 4.78 is 2.29. The molecule has 0 amide bonds. The third-order valence-corrected chi connectivity index (χ3v) is 9.37. The molecule has 0 radical (unpaired) electrons. The Labute approximate surface area is 258 Å². The van der Waals surface area contributed by atoms with E-state index in [0.29, 0.717) is 19.4 Å². The van der Waals surface area contributed by atoms with Crippen molar-refractivity contribution in [3.05, 3.63) is 101 Å². The zero-order valence-electron chi connectivity index (χ0n) is 26.7. The summed E-state index contributed by atoms with van der Waals surface area (Å²) in [7, 11) is 0. The van der Waals surface area contributed by atoms with E-state index in [4.69, 9.17) is 16.6 Å². The number of hydrazine groups is 1. The number of ketones is 1. The van der Waals surface area contributed by atoms with Gasteiger partial charge in [0.2, 0.25) is 0 Å². The van der Waals surface area contributed by atoms with Gasteiger partial charge in [-0.2, -0.15) is 0 Å². The van der Waals surface area contributed by atoms with Crippen LogP contribution in [0.5, 0.6) is 0 Å². The summed E-state index contributed by atoms with van der Waals surface area (Å²) in [6.45, 7) is 13.2. The molecule has 2 unspecified atom stereocenters. The number of likely N-dealkylation sites (tertiary alicyclic amines) is 1. The molecule has 7 heteroatoms. The number of carbonyl (C=O) groups is 1. The number of imidazole rings is 1. The molecule has 0 bridgehead atoms. The predicted octanol–water partition coefficient (Wildman–Crippen LogP) is 6.17. The van der Waals surface area contributed by atoms with E-state index in [1.165, 1.54) is 36.0 Å². The number of hydrogen-bond acceptors (Lipinski definition) is 6. The van der Waals surface area contributed by atoms with Crippen LogP contribution >= 0.6 is 0 Å². The quantitative estimate of drug-likeness (QED) is 0.164. The number of aromatic nitrogens is 2. The van der Waals surface area contributed by atoms with Crippen molar-refractivity contribution in [1.29, 1.82) is 0 Å². The maximum Gasteiger partial charge on any atom is 0.140 e. The van der Waals surface area contributed by atoms with Crippen molar-refractivity contribution < 1.29 is 4.79 Å². The molecular weight excluding hydrogens is 532 g/mol. The van der Waals surface area contributed by atoms with E-state index >= 15 is 0 Å². The molecular formula is C36H52N6O. The Morgan fingerprint density at radius 3 is 2.56 bits per heavy atom. The molecule has 2 atom stereocenters. The monoisotopic (exact) mass is 584 g/mol. The molecule has 2 aromatic carbocycles. The van der Waals surface area contributed by atoms with E-state index in [-0.39, 0.29) is 17.6 Å². The van der Waals surface area contributed by atoms with Gasteiger partial charge in [-0.1, -0.05) is 68.8 Å². The fraction of sp³-hybridized carbons (Fsp3) is 0.500. The zero-order chi connectivity index (χ0) is 30.8. The average Bonchev–Trinajstić information content (AvgIpc) is 3.45. The normalized spacial score (nSPS) is 16.3. The molecule has 43 heavy (non-hydrogen) atoms. The van der Waals surface area contributed by atoms with Crippen LogP contribution in [0.1, 0.15) is 86.9 Å². The Balaban J connectivity index is 1.54. The fourth-order valence-corrected chi connectivity index (χ4v) is 6.24. The summed E-state index contributed by atoms with van der Waals surface area (Å²) in [6.07, 6.45) is 11.5. The summed E-state index contributed by atoms with van der Waals surface area (Å²) in [5.74, 6) is 8.09. The van der Waals surface area contributed by atoms with Crippen LogP contribution in [-0.4, -0.2) is 44.9 Å². The third-order valence-electron chi connectivity index (χ3n) is 9.37. The van der Waals surface area contributed by atoms with Gasteiger partial charge in [0.1, 0.15) is 11.6 Å². The van der Waals surface area contributed by atoms with Gasteiger partial charge in [-0.25, -0.2) is 10.8 Å². The molecule has 1 aliphatic heterocycles. The minimum Gasteiger partial charge on any atom is -0.401 e. The molecule has 1 aromatic heterocycles. The largest absolute Gasteiger partial charge is 0.401 e. The molecule has 7 nitrogen and oxygen atoms in total. The Hall–Kier alpha value is -3.42. The maximum absolute atomic E-state index is 13.6. The van der Waals surface area contributed by atoms with Crippen molar-refractivity contribution in [3.8, 4) is 0 Å². The number of Topliss-reactive ketones (excluding diaryl/α,β-unsaturated/α-hetero) is 1. The number of aryl methyl sites for hydroxylation is 1. The number of hydrogen-bond donors (Lipinski definition) is 2. The number of nitrogens with zero attached hydrogens (tertiary/aromatic N) is 4. The van der Waals surface area contributed by atoms with E-state index in [9.17, 15) is 4.79 Å². The minimum atomic E-state index is -0.154. The second kappa shape index (κ2) is 15.9. The summed E-state index contributed by atoms with van der Waals surface area (Å²) >= 11 is 0. The lowest BCUT2D eigenvalue weighted by atomic mass is 9.79. The Morgan fingerprint density at radius 1 is 1.12 bits per heavy atom. The summed E-state index contributed by atoms with van der Waals surface area (Å²) in [4.78, 5) is 20.9. The van der Waals surface area contributed by atoms with E-state index < -0.39 is 0 Å². The molecule has 0 saturated carbocycles. The van der Waals surface area contributed by atoms with E-state index in [1.807, 2.05) is 43.5 Å². The van der Waals surface area contributed by atoms with Crippen LogP contribution in [-0.2, 0) is 24.3 Å². The first-order chi connectivity index (χ1) is 20.8. The maximum atomic E-state index is 13.6. The zero-order valence-corrected chi connectivity index (χ0v) is 26.7. The van der Waals surface area contributed by atoms with Crippen LogP contribution in [0.15, 0.2) is 72.8 Å². The molecule has 2 heterocycles. The first-order valence-electron chi connectivity index (χ1n) is 16.1. The number of piperidine rings is 1. The van der Waals surface area contributed by atoms with Gasteiger partial charge >= 0.3 is 0 Å². The number of benzene rings is 2. The van der Waals surface area contributed by atoms with Crippen molar-refractivity contribution in [2.75, 3.05) is 19.6 Å². The Morgan fingerprint density at radius 2 is 1.86 bits per heavy atom. The molecule has 3 aromatic rings. The molecule has 0 spiro atoms. The van der Waals surface area contributed by atoms with Crippen molar-refractivity contribution in [2.24, 2.45) is 23.4 Å². The topological polar surface area (TPSA) is 93.4 Å². The van der Waals surface area contributed by atoms with Gasteiger partial charge in [-0.15, -0.1) is 0 Å². The second-order valence-electron chi connectivity index (χ2n) is 12.4. The summed E-state index contributed by atoms with van der Waals surface area (Å²) in [5.41, 5.74) is 11.8. The third kappa shape index (κ3) is 9.28. The van der Waals surface area contributed by atoms with Crippen LogP contribution in [0.2, 0.25) is 0 Å². The van der Waals surface area contributed by atoms with Crippen molar-refractivity contribution in [1.82, 2.24) is 19.5 Å². The molecule has 1 aliphatic rings. The Kier molecular flexibility index (Phi) is 12.0. The van der Waals surface area contributed by atoms with Gasteiger partial charge in [-0.3, -0.25) is 9.69 Å². The number of carbonyl (C=O) groups excluding carboxylic acids is 1. The fourth-order valence-electron chi connectivity index (χ4n) is 6.24. The van der Waals surface area contributed by atoms with Gasteiger partial charge in [0.05, 0.1) is 6.54 Å². The lowest BCUT2D eigenvalue weighted by molar-refractivity contribution is -0.122. The molecule has 4 N–H and O–H groups in total. The standard InChI is InChI=1S/C36H52N6O/c1-5-29-16-19-40(20-17-29)26-36-39-18-21-41(36)24-32-23-31(13-12-27(32)3)34(15-14-33(37)25-42(38)6-2)28(4)35(43)22-30-10-8-7-9-11-30/h7-13,18,21,23,25,28-29,34H,5-6,14-17,19-20,22,24,26,37-38H2,1-4H3/b33-25-. The number of allylic oxidation sites excluding steroid dienone is 1. The highest BCUT2D eigenvalue weighted by molar-refractivity contribution is 5.83. The van der Waals surface area contributed by atoms with Crippen LogP contribution in [0.25, 0.3) is 0 Å². The molecule has 4 rings (SSSR count). The van der Waals surface area contributed by atoms with Gasteiger partial charge in [0.15, 0.2) is 0 Å². The van der Waals surface area contributed by atoms with E-state index in [1.54, 1.807) is 11.2 Å².